The molecule has 0 radical (unpaired) electrons. The molecule has 2 saturated heterocycles. The van der Waals surface area contributed by atoms with E-state index < -0.39 is 5.54 Å². The molecule has 0 aliphatic carbocycles. The summed E-state index contributed by atoms with van der Waals surface area (Å²) >= 11 is 6.05. The number of ether oxygens (including phenoxy) is 1. The Morgan fingerprint density at radius 2 is 1.75 bits per heavy atom. The molecule has 32 heavy (non-hydrogen) atoms. The minimum absolute atomic E-state index is 0.0655. The fourth-order valence-electron chi connectivity index (χ4n) is 4.62. The summed E-state index contributed by atoms with van der Waals surface area (Å²) in [6.45, 7) is 3.02. The van der Waals surface area contributed by atoms with Crippen LogP contribution in [-0.2, 0) is 22.6 Å². The van der Waals surface area contributed by atoms with Gasteiger partial charge >= 0.3 is 6.03 Å². The number of hydrogen-bond donors (Lipinski definition) is 1. The molecular weight excluding hydrogens is 430 g/mol. The summed E-state index contributed by atoms with van der Waals surface area (Å²) in [6.07, 6.45) is 1.14. The van der Waals surface area contributed by atoms with Crippen LogP contribution in [0.25, 0.3) is 0 Å². The lowest BCUT2D eigenvalue weighted by atomic mass is 9.85. The summed E-state index contributed by atoms with van der Waals surface area (Å²) in [4.78, 5) is 32.1. The number of carbonyl (C=O) groups is 2. The Bertz CT molecular complexity index is 976. The normalized spacial score (nSPS) is 18.7. The lowest BCUT2D eigenvalue weighted by Crippen LogP contribution is -2.56. The van der Waals surface area contributed by atoms with Crippen LogP contribution in [0.5, 0.6) is 5.75 Å². The van der Waals surface area contributed by atoms with Crippen molar-refractivity contribution in [1.29, 1.82) is 0 Å². The number of urea groups is 1. The van der Waals surface area contributed by atoms with Gasteiger partial charge in [0.1, 0.15) is 11.3 Å². The average Bonchev–Trinajstić information content (AvgIpc) is 2.98. The molecule has 0 saturated carbocycles. The molecular formula is C24H28ClN3O4. The van der Waals surface area contributed by atoms with Crippen molar-refractivity contribution in [2.24, 2.45) is 0 Å². The summed E-state index contributed by atoms with van der Waals surface area (Å²) < 4.78 is 5.13. The summed E-state index contributed by atoms with van der Waals surface area (Å²) in [6, 6.07) is 14.8. The number of methoxy groups -OCH3 is 1. The number of nitrogens with zero attached hydrogens (tertiary/aromatic N) is 3. The second-order valence-corrected chi connectivity index (χ2v) is 8.80. The maximum atomic E-state index is 13.5. The van der Waals surface area contributed by atoms with E-state index in [1.165, 1.54) is 4.90 Å². The molecule has 3 amide bonds. The van der Waals surface area contributed by atoms with E-state index in [1.807, 2.05) is 36.4 Å². The first-order chi connectivity index (χ1) is 15.4. The van der Waals surface area contributed by atoms with Crippen molar-refractivity contribution >= 4 is 23.5 Å². The van der Waals surface area contributed by atoms with Crippen molar-refractivity contribution in [3.8, 4) is 5.75 Å². The number of carbonyl (C=O) groups excluding carboxylic acids is 2. The Morgan fingerprint density at radius 3 is 2.41 bits per heavy atom. The number of phenolic OH excluding ortho intramolecular Hbond substituents is 1. The van der Waals surface area contributed by atoms with Gasteiger partial charge in [0.2, 0.25) is 0 Å². The van der Waals surface area contributed by atoms with Gasteiger partial charge in [-0.25, -0.2) is 4.79 Å². The van der Waals surface area contributed by atoms with E-state index in [2.05, 4.69) is 4.90 Å². The maximum absolute atomic E-state index is 13.5. The van der Waals surface area contributed by atoms with Gasteiger partial charge in [-0.2, -0.15) is 0 Å². The molecule has 0 aromatic heterocycles. The molecule has 170 valence electrons. The fourth-order valence-corrected chi connectivity index (χ4v) is 4.82. The topological polar surface area (TPSA) is 73.3 Å². The number of halogens is 1. The Morgan fingerprint density at radius 1 is 1.03 bits per heavy atom. The number of rotatable bonds is 7. The average molecular weight is 458 g/mol. The molecule has 7 nitrogen and oxygen atoms in total. The van der Waals surface area contributed by atoms with E-state index in [0.29, 0.717) is 50.7 Å². The highest BCUT2D eigenvalue weighted by Crippen LogP contribution is 2.39. The van der Waals surface area contributed by atoms with E-state index in [1.54, 1.807) is 24.1 Å². The molecule has 4 rings (SSSR count). The standard InChI is InChI=1S/C24H28ClN3O4/c1-32-14-13-27-22(30)24(28(23(27)31)17-18-5-3-2-4-6-18)9-11-26(12-10-24)16-19-7-8-21(29)20(25)15-19/h2-8,15,29H,9-14,16-17H2,1H3. The van der Waals surface area contributed by atoms with Gasteiger partial charge in [-0.1, -0.05) is 48.0 Å². The van der Waals surface area contributed by atoms with Gasteiger partial charge in [-0.05, 0) is 36.1 Å². The van der Waals surface area contributed by atoms with Gasteiger partial charge in [0.15, 0.2) is 0 Å². The predicted octanol–water partition coefficient (Wildman–Crippen LogP) is 3.49. The lowest BCUT2D eigenvalue weighted by molar-refractivity contribution is -0.136. The molecule has 0 bridgehead atoms. The van der Waals surface area contributed by atoms with E-state index in [0.717, 1.165) is 11.1 Å². The zero-order valence-electron chi connectivity index (χ0n) is 18.2. The van der Waals surface area contributed by atoms with Crippen LogP contribution < -0.4 is 0 Å². The molecule has 2 aliphatic heterocycles. The Labute approximate surface area is 193 Å². The smallest absolute Gasteiger partial charge is 0.328 e. The van der Waals surface area contributed by atoms with Crippen molar-refractivity contribution in [2.75, 3.05) is 33.4 Å². The third kappa shape index (κ3) is 4.33. The van der Waals surface area contributed by atoms with E-state index in [9.17, 15) is 14.7 Å². The van der Waals surface area contributed by atoms with Gasteiger partial charge in [0, 0.05) is 33.3 Å². The molecule has 1 N–H and O–H groups in total. The van der Waals surface area contributed by atoms with Crippen LogP contribution in [0.15, 0.2) is 48.5 Å². The molecule has 2 aliphatic rings. The molecule has 2 aromatic carbocycles. The third-order valence-corrected chi connectivity index (χ3v) is 6.73. The zero-order chi connectivity index (χ0) is 22.7. The molecule has 1 spiro atoms. The van der Waals surface area contributed by atoms with Crippen molar-refractivity contribution in [2.45, 2.75) is 31.5 Å². The van der Waals surface area contributed by atoms with Gasteiger partial charge in [0.05, 0.1) is 18.2 Å². The van der Waals surface area contributed by atoms with Gasteiger partial charge in [-0.15, -0.1) is 0 Å². The van der Waals surface area contributed by atoms with Crippen LogP contribution in [0.4, 0.5) is 4.79 Å². The van der Waals surface area contributed by atoms with E-state index >= 15 is 0 Å². The third-order valence-electron chi connectivity index (χ3n) is 6.43. The maximum Gasteiger partial charge on any atom is 0.328 e. The number of piperidine rings is 1. The fraction of sp³-hybridized carbons (Fsp3) is 0.417. The highest BCUT2D eigenvalue weighted by molar-refractivity contribution is 6.32. The first-order valence-corrected chi connectivity index (χ1v) is 11.2. The number of likely N-dealkylation sites (tertiary alicyclic amines) is 1. The monoisotopic (exact) mass is 457 g/mol. The first kappa shape index (κ1) is 22.6. The number of imide groups is 1. The zero-order valence-corrected chi connectivity index (χ0v) is 18.9. The van der Waals surface area contributed by atoms with E-state index in [4.69, 9.17) is 16.3 Å². The quantitative estimate of drug-likeness (QED) is 0.644. The van der Waals surface area contributed by atoms with E-state index in [-0.39, 0.29) is 24.2 Å². The molecule has 2 fully saturated rings. The molecule has 0 atom stereocenters. The van der Waals surface area contributed by atoms with Crippen molar-refractivity contribution in [3.05, 3.63) is 64.7 Å². The van der Waals surface area contributed by atoms with Gasteiger partial charge in [0.25, 0.3) is 5.91 Å². The number of hydrogen-bond acceptors (Lipinski definition) is 5. The number of phenols is 1. The predicted molar refractivity (Wildman–Crippen MR) is 121 cm³/mol. The van der Waals surface area contributed by atoms with Crippen LogP contribution in [0.2, 0.25) is 5.02 Å². The SMILES string of the molecule is COCCN1C(=O)N(Cc2ccccc2)C2(CCN(Cc3ccc(O)c(Cl)c3)CC2)C1=O. The van der Waals surface area contributed by atoms with Gasteiger partial charge < -0.3 is 14.7 Å². The Balaban J connectivity index is 1.52. The number of amides is 3. The van der Waals surface area contributed by atoms with Gasteiger partial charge in [-0.3, -0.25) is 14.6 Å². The van der Waals surface area contributed by atoms with Crippen LogP contribution in [-0.4, -0.2) is 70.6 Å². The highest BCUT2D eigenvalue weighted by Gasteiger charge is 2.57. The minimum Gasteiger partial charge on any atom is -0.506 e. The highest BCUT2D eigenvalue weighted by atomic mass is 35.5. The number of aromatic hydroxyl groups is 1. The summed E-state index contributed by atoms with van der Waals surface area (Å²) in [5.41, 5.74) is 1.17. The molecule has 2 aromatic rings. The molecule has 2 heterocycles. The lowest BCUT2D eigenvalue weighted by Gasteiger charge is -2.42. The van der Waals surface area contributed by atoms with Crippen molar-refractivity contribution < 1.29 is 19.4 Å². The summed E-state index contributed by atoms with van der Waals surface area (Å²) in [5.74, 6) is -0.0569. The second kappa shape index (κ2) is 9.48. The van der Waals surface area contributed by atoms with Crippen LogP contribution in [0.1, 0.15) is 24.0 Å². The minimum atomic E-state index is -0.830. The number of benzene rings is 2. The van der Waals surface area contributed by atoms with Crippen molar-refractivity contribution in [1.82, 2.24) is 14.7 Å². The molecule has 0 unspecified atom stereocenters. The van der Waals surface area contributed by atoms with Crippen molar-refractivity contribution in [3.63, 3.8) is 0 Å². The van der Waals surface area contributed by atoms with Crippen LogP contribution >= 0.6 is 11.6 Å². The van der Waals surface area contributed by atoms with Crippen LogP contribution in [0.3, 0.4) is 0 Å². The summed E-state index contributed by atoms with van der Waals surface area (Å²) in [7, 11) is 1.57. The largest absolute Gasteiger partial charge is 0.506 e. The first-order valence-electron chi connectivity index (χ1n) is 10.8. The Hall–Kier alpha value is -2.61. The summed E-state index contributed by atoms with van der Waals surface area (Å²) in [5, 5.41) is 9.97. The van der Waals surface area contributed by atoms with Crippen LogP contribution in [0, 0.1) is 0 Å². The second-order valence-electron chi connectivity index (χ2n) is 8.40. The molecule has 8 heteroatoms. The Kier molecular flexibility index (Phi) is 6.69.